The van der Waals surface area contributed by atoms with Gasteiger partial charge in [0.1, 0.15) is 0 Å². The van der Waals surface area contributed by atoms with Crippen LogP contribution in [0.4, 0.5) is 0 Å². The van der Waals surface area contributed by atoms with E-state index in [-0.39, 0.29) is 11.7 Å². The topological polar surface area (TPSA) is 52.6 Å². The zero-order valence-corrected chi connectivity index (χ0v) is 16.7. The summed E-state index contributed by atoms with van der Waals surface area (Å²) in [4.78, 5) is 24.8. The highest BCUT2D eigenvalue weighted by Gasteiger charge is 2.44. The summed E-state index contributed by atoms with van der Waals surface area (Å²) in [6.07, 6.45) is 2.32. The first-order valence-electron chi connectivity index (χ1n) is 9.83. The molecule has 4 heteroatoms. The van der Waals surface area contributed by atoms with Gasteiger partial charge in [0.25, 0.3) is 0 Å². The molecule has 0 N–H and O–H groups in total. The van der Waals surface area contributed by atoms with E-state index in [0.717, 1.165) is 16.7 Å². The highest BCUT2D eigenvalue weighted by atomic mass is 16.5. The second kappa shape index (κ2) is 8.37. The molecular weight excluding hydrogens is 376 g/mol. The van der Waals surface area contributed by atoms with Gasteiger partial charge in [0.2, 0.25) is 0 Å². The second-order valence-corrected chi connectivity index (χ2v) is 7.23. The van der Waals surface area contributed by atoms with Gasteiger partial charge in [-0.05, 0) is 22.8 Å². The van der Waals surface area contributed by atoms with Gasteiger partial charge < -0.3 is 9.47 Å². The molecule has 0 saturated carbocycles. The maximum Gasteiger partial charge on any atom is 0.382 e. The van der Waals surface area contributed by atoms with E-state index in [1.807, 2.05) is 91.0 Å². The number of hydrogen-bond donors (Lipinski definition) is 0. The maximum absolute atomic E-state index is 12.8. The molecule has 1 unspecified atom stereocenters. The molecule has 150 valence electrons. The molecule has 3 aromatic carbocycles. The van der Waals surface area contributed by atoms with Gasteiger partial charge in [0.15, 0.2) is 11.4 Å². The molecular formula is C26H22O4. The fraction of sp³-hybridized carbons (Fsp3) is 0.154. The highest BCUT2D eigenvalue weighted by Crippen LogP contribution is 2.47. The smallest absolute Gasteiger partial charge is 0.382 e. The molecule has 30 heavy (non-hydrogen) atoms. The predicted molar refractivity (Wildman–Crippen MR) is 114 cm³/mol. The highest BCUT2D eigenvalue weighted by molar-refractivity contribution is 6.39. The monoisotopic (exact) mass is 398 g/mol. The fourth-order valence-corrected chi connectivity index (χ4v) is 3.98. The van der Waals surface area contributed by atoms with Gasteiger partial charge in [-0.15, -0.1) is 0 Å². The first-order valence-corrected chi connectivity index (χ1v) is 9.83. The lowest BCUT2D eigenvalue weighted by molar-refractivity contribution is -0.152. The van der Waals surface area contributed by atoms with Crippen molar-refractivity contribution in [2.45, 2.75) is 17.9 Å². The fourth-order valence-electron chi connectivity index (χ4n) is 3.98. The molecule has 0 saturated heterocycles. The summed E-state index contributed by atoms with van der Waals surface area (Å²) in [5.74, 6) is -1.84. The molecule has 4 rings (SSSR count). The third kappa shape index (κ3) is 3.64. The van der Waals surface area contributed by atoms with Crippen molar-refractivity contribution in [1.82, 2.24) is 0 Å². The van der Waals surface area contributed by atoms with Crippen LogP contribution in [0.2, 0.25) is 0 Å². The van der Waals surface area contributed by atoms with Crippen molar-refractivity contribution in [2.75, 3.05) is 7.11 Å². The van der Waals surface area contributed by atoms with E-state index in [4.69, 9.17) is 4.74 Å². The largest absolute Gasteiger partial charge is 0.474 e. The van der Waals surface area contributed by atoms with Crippen LogP contribution in [0.5, 0.6) is 0 Å². The van der Waals surface area contributed by atoms with Gasteiger partial charge in [-0.25, -0.2) is 4.79 Å². The van der Waals surface area contributed by atoms with Crippen LogP contribution in [0.25, 0.3) is 0 Å². The zero-order chi connectivity index (χ0) is 21.0. The van der Waals surface area contributed by atoms with Crippen molar-refractivity contribution in [3.63, 3.8) is 0 Å². The third-order valence-corrected chi connectivity index (χ3v) is 5.45. The van der Waals surface area contributed by atoms with Crippen LogP contribution in [-0.2, 0) is 24.7 Å². The van der Waals surface area contributed by atoms with E-state index >= 15 is 0 Å². The summed E-state index contributed by atoms with van der Waals surface area (Å²) in [6, 6.07) is 29.5. The summed E-state index contributed by atoms with van der Waals surface area (Å²) in [5, 5.41) is 0. The Hall–Kier alpha value is -3.66. The number of ketones is 1. The van der Waals surface area contributed by atoms with Gasteiger partial charge in [0, 0.05) is 12.3 Å². The predicted octanol–water partition coefficient (Wildman–Crippen LogP) is 4.76. The SMILES string of the molecule is COC(=O)C(=O)C1=CC(c2ccccc2)CC(c2ccccc2)(c2ccccc2)O1. The van der Waals surface area contributed by atoms with E-state index in [9.17, 15) is 9.59 Å². The summed E-state index contributed by atoms with van der Waals surface area (Å²) in [5.41, 5.74) is 1.96. The Morgan fingerprint density at radius 1 is 0.833 bits per heavy atom. The average Bonchev–Trinajstić information content (AvgIpc) is 2.84. The molecule has 1 atom stereocenters. The van der Waals surface area contributed by atoms with Crippen LogP contribution in [-0.4, -0.2) is 18.9 Å². The lowest BCUT2D eigenvalue weighted by Gasteiger charge is -2.41. The van der Waals surface area contributed by atoms with E-state index in [0.29, 0.717) is 6.42 Å². The molecule has 0 aliphatic carbocycles. The van der Waals surface area contributed by atoms with Crippen LogP contribution in [0.1, 0.15) is 29.0 Å². The summed E-state index contributed by atoms with van der Waals surface area (Å²) >= 11 is 0. The zero-order valence-electron chi connectivity index (χ0n) is 16.7. The molecule has 1 aliphatic heterocycles. The number of hydrogen-bond acceptors (Lipinski definition) is 4. The molecule has 0 aromatic heterocycles. The number of Topliss-reactive ketones (excluding diaryl/α,β-unsaturated/α-hetero) is 1. The van der Waals surface area contributed by atoms with Crippen LogP contribution in [0, 0.1) is 0 Å². The summed E-state index contributed by atoms with van der Waals surface area (Å²) < 4.78 is 11.1. The number of carbonyl (C=O) groups excluding carboxylic acids is 2. The van der Waals surface area contributed by atoms with Crippen molar-refractivity contribution >= 4 is 11.8 Å². The minimum Gasteiger partial charge on any atom is -0.474 e. The van der Waals surface area contributed by atoms with Crippen LogP contribution in [0.15, 0.2) is 103 Å². The number of allylic oxidation sites excluding steroid dienone is 1. The molecule has 0 spiro atoms. The Labute approximate surface area is 175 Å². The van der Waals surface area contributed by atoms with Gasteiger partial charge >= 0.3 is 11.8 Å². The minimum absolute atomic E-state index is 0.00894. The minimum atomic E-state index is -0.940. The molecule has 0 amide bonds. The van der Waals surface area contributed by atoms with E-state index in [1.54, 1.807) is 6.08 Å². The van der Waals surface area contributed by atoms with Crippen LogP contribution in [0.3, 0.4) is 0 Å². The molecule has 1 aliphatic rings. The van der Waals surface area contributed by atoms with Crippen molar-refractivity contribution < 1.29 is 19.1 Å². The van der Waals surface area contributed by atoms with Crippen molar-refractivity contribution in [3.8, 4) is 0 Å². The number of rotatable bonds is 5. The molecule has 0 fully saturated rings. The summed E-state index contributed by atoms with van der Waals surface area (Å²) in [7, 11) is 1.19. The molecule has 4 nitrogen and oxygen atoms in total. The molecule has 1 heterocycles. The number of carbonyl (C=O) groups is 2. The maximum atomic E-state index is 12.8. The lowest BCUT2D eigenvalue weighted by atomic mass is 9.75. The van der Waals surface area contributed by atoms with Crippen molar-refractivity contribution in [1.29, 1.82) is 0 Å². The number of esters is 1. The number of ether oxygens (including phenoxy) is 2. The second-order valence-electron chi connectivity index (χ2n) is 7.23. The van der Waals surface area contributed by atoms with E-state index < -0.39 is 17.4 Å². The standard InChI is InChI=1S/C26H22O4/c1-29-25(28)24(27)23-17-20(19-11-5-2-6-12-19)18-26(30-23,21-13-7-3-8-14-21)22-15-9-4-10-16-22/h2-17,20H,18H2,1H3. The van der Waals surface area contributed by atoms with Gasteiger partial charge in [0.05, 0.1) is 7.11 Å². The third-order valence-electron chi connectivity index (χ3n) is 5.45. The molecule has 0 radical (unpaired) electrons. The first kappa shape index (κ1) is 19.6. The summed E-state index contributed by atoms with van der Waals surface area (Å²) in [6.45, 7) is 0. The van der Waals surface area contributed by atoms with Crippen molar-refractivity contribution in [2.24, 2.45) is 0 Å². The Kier molecular flexibility index (Phi) is 5.48. The Balaban J connectivity index is 1.91. The normalized spacial score (nSPS) is 17.4. The van der Waals surface area contributed by atoms with Crippen LogP contribution < -0.4 is 0 Å². The van der Waals surface area contributed by atoms with Gasteiger partial charge in [-0.1, -0.05) is 91.0 Å². The average molecular weight is 398 g/mol. The Morgan fingerprint density at radius 3 is 1.83 bits per heavy atom. The Bertz CT molecular complexity index is 1020. The number of methoxy groups -OCH3 is 1. The van der Waals surface area contributed by atoms with E-state index in [2.05, 4.69) is 4.74 Å². The van der Waals surface area contributed by atoms with Gasteiger partial charge in [-0.3, -0.25) is 4.79 Å². The van der Waals surface area contributed by atoms with Crippen LogP contribution >= 0.6 is 0 Å². The molecule has 3 aromatic rings. The van der Waals surface area contributed by atoms with E-state index in [1.165, 1.54) is 7.11 Å². The Morgan fingerprint density at radius 2 is 1.33 bits per heavy atom. The quantitative estimate of drug-likeness (QED) is 0.459. The number of benzene rings is 3. The first-order chi connectivity index (χ1) is 14.6. The molecule has 0 bridgehead atoms. The van der Waals surface area contributed by atoms with Gasteiger partial charge in [-0.2, -0.15) is 0 Å². The van der Waals surface area contributed by atoms with Crippen molar-refractivity contribution in [3.05, 3.63) is 120 Å². The lowest BCUT2D eigenvalue weighted by Crippen LogP contribution is -2.38.